The first-order valence-corrected chi connectivity index (χ1v) is 14.3. The molecule has 0 unspecified atom stereocenters. The highest BCUT2D eigenvalue weighted by atomic mass is 32.2. The lowest BCUT2D eigenvalue weighted by Gasteiger charge is -2.34. The van der Waals surface area contributed by atoms with Crippen molar-refractivity contribution in [3.8, 4) is 5.75 Å². The average Bonchev–Trinajstić information content (AvgIpc) is 2.91. The first-order chi connectivity index (χ1) is 18.5. The van der Waals surface area contributed by atoms with Gasteiger partial charge in [0.1, 0.15) is 18.3 Å². The average molecular weight is 552 g/mol. The third-order valence-corrected chi connectivity index (χ3v) is 7.82. The molecule has 0 radical (unpaired) electrons. The quantitative estimate of drug-likeness (QED) is 0.375. The van der Waals surface area contributed by atoms with Crippen molar-refractivity contribution in [3.05, 3.63) is 90.5 Å². The van der Waals surface area contributed by atoms with Gasteiger partial charge < -0.3 is 15.0 Å². The second kappa shape index (κ2) is 12.8. The number of anilines is 1. The Morgan fingerprint density at radius 3 is 2.10 bits per heavy atom. The Morgan fingerprint density at radius 1 is 0.923 bits per heavy atom. The van der Waals surface area contributed by atoms with Gasteiger partial charge in [-0.2, -0.15) is 0 Å². The smallest absolute Gasteiger partial charge is 0.264 e. The molecule has 0 aliphatic heterocycles. The minimum absolute atomic E-state index is 0.0488. The number of benzene rings is 3. The van der Waals surface area contributed by atoms with E-state index in [0.29, 0.717) is 12.2 Å². The molecule has 39 heavy (non-hydrogen) atoms. The van der Waals surface area contributed by atoms with E-state index in [1.54, 1.807) is 42.5 Å². The van der Waals surface area contributed by atoms with Crippen LogP contribution in [0.5, 0.6) is 5.75 Å². The van der Waals surface area contributed by atoms with E-state index in [4.69, 9.17) is 4.74 Å². The zero-order valence-corrected chi connectivity index (χ0v) is 23.9. The van der Waals surface area contributed by atoms with Crippen molar-refractivity contribution in [2.24, 2.45) is 0 Å². The largest absolute Gasteiger partial charge is 0.497 e. The molecule has 0 bridgehead atoms. The lowest BCUT2D eigenvalue weighted by atomic mass is 10.1. The van der Waals surface area contributed by atoms with Crippen molar-refractivity contribution in [2.75, 3.05) is 18.0 Å². The van der Waals surface area contributed by atoms with Gasteiger partial charge in [0.15, 0.2) is 0 Å². The van der Waals surface area contributed by atoms with Crippen molar-refractivity contribution in [2.45, 2.75) is 57.1 Å². The van der Waals surface area contributed by atoms with Crippen LogP contribution in [0, 0.1) is 0 Å². The molecule has 208 valence electrons. The summed E-state index contributed by atoms with van der Waals surface area (Å²) < 4.78 is 34.1. The molecule has 0 fully saturated rings. The summed E-state index contributed by atoms with van der Waals surface area (Å²) >= 11 is 0. The van der Waals surface area contributed by atoms with E-state index in [-0.39, 0.29) is 23.0 Å². The molecule has 1 atom stereocenters. The summed E-state index contributed by atoms with van der Waals surface area (Å²) in [6, 6.07) is 23.0. The van der Waals surface area contributed by atoms with Gasteiger partial charge in [-0.05, 0) is 57.0 Å². The molecule has 3 aromatic carbocycles. The van der Waals surface area contributed by atoms with Crippen LogP contribution >= 0.6 is 0 Å². The van der Waals surface area contributed by atoms with Crippen molar-refractivity contribution in [3.63, 3.8) is 0 Å². The van der Waals surface area contributed by atoms with Crippen molar-refractivity contribution < 1.29 is 22.7 Å². The van der Waals surface area contributed by atoms with Crippen LogP contribution in [0.3, 0.4) is 0 Å². The Morgan fingerprint density at radius 2 is 1.54 bits per heavy atom. The van der Waals surface area contributed by atoms with Gasteiger partial charge in [-0.1, -0.05) is 61.5 Å². The summed E-state index contributed by atoms with van der Waals surface area (Å²) in [7, 11) is -2.64. The van der Waals surface area contributed by atoms with Gasteiger partial charge in [-0.3, -0.25) is 13.9 Å². The first kappa shape index (κ1) is 29.7. The number of nitrogens with one attached hydrogen (secondary N) is 1. The molecule has 0 saturated carbocycles. The van der Waals surface area contributed by atoms with Crippen LogP contribution < -0.4 is 14.4 Å². The maximum absolute atomic E-state index is 14.0. The molecule has 2 amide bonds. The standard InChI is InChI=1S/C30H37N3O5S/c1-6-27(29(35)31-30(2,3)4)32(21-23-14-9-7-10-15-23)28(34)22-33(24-16-13-17-25(20-24)38-5)39(36,37)26-18-11-8-12-19-26/h7-20,27H,6,21-22H2,1-5H3,(H,31,35)/t27-/m0/s1. The molecule has 0 spiro atoms. The van der Waals surface area contributed by atoms with E-state index in [2.05, 4.69) is 5.32 Å². The zero-order valence-electron chi connectivity index (χ0n) is 23.1. The number of methoxy groups -OCH3 is 1. The van der Waals surface area contributed by atoms with Gasteiger partial charge in [-0.15, -0.1) is 0 Å². The number of carbonyl (C=O) groups excluding carboxylic acids is 2. The maximum Gasteiger partial charge on any atom is 0.264 e. The monoisotopic (exact) mass is 551 g/mol. The lowest BCUT2D eigenvalue weighted by molar-refractivity contribution is -0.141. The number of rotatable bonds is 11. The lowest BCUT2D eigenvalue weighted by Crippen LogP contribution is -2.55. The van der Waals surface area contributed by atoms with Gasteiger partial charge in [-0.25, -0.2) is 8.42 Å². The number of carbonyl (C=O) groups is 2. The molecule has 0 saturated heterocycles. The number of hydrogen-bond acceptors (Lipinski definition) is 5. The molecule has 3 aromatic rings. The number of nitrogens with zero attached hydrogens (tertiary/aromatic N) is 2. The molecule has 9 heteroatoms. The Labute approximate surface area is 231 Å². The van der Waals surface area contributed by atoms with Gasteiger partial charge >= 0.3 is 0 Å². The summed E-state index contributed by atoms with van der Waals surface area (Å²) in [5.74, 6) is -0.351. The second-order valence-electron chi connectivity index (χ2n) is 10.2. The van der Waals surface area contributed by atoms with Gasteiger partial charge in [0.25, 0.3) is 10.0 Å². The summed E-state index contributed by atoms with van der Waals surface area (Å²) in [4.78, 5) is 28.9. The maximum atomic E-state index is 14.0. The SMILES string of the molecule is CC[C@@H](C(=O)NC(C)(C)C)N(Cc1ccccc1)C(=O)CN(c1cccc(OC)c1)S(=O)(=O)c1ccccc1. The van der Waals surface area contributed by atoms with E-state index in [1.165, 1.54) is 24.1 Å². The molecule has 0 heterocycles. The fourth-order valence-corrected chi connectivity index (χ4v) is 5.59. The van der Waals surface area contributed by atoms with Gasteiger partial charge in [0.2, 0.25) is 11.8 Å². The highest BCUT2D eigenvalue weighted by Gasteiger charge is 2.34. The van der Waals surface area contributed by atoms with Crippen LogP contribution in [-0.2, 0) is 26.2 Å². The Bertz CT molecular complexity index is 1360. The topological polar surface area (TPSA) is 96.0 Å². The predicted molar refractivity (Wildman–Crippen MR) is 153 cm³/mol. The van der Waals surface area contributed by atoms with Crippen LogP contribution in [0.25, 0.3) is 0 Å². The van der Waals surface area contributed by atoms with Crippen LogP contribution in [0.15, 0.2) is 89.8 Å². The molecule has 0 aromatic heterocycles. The highest BCUT2D eigenvalue weighted by Crippen LogP contribution is 2.27. The third kappa shape index (κ3) is 7.83. The summed E-state index contributed by atoms with van der Waals surface area (Å²) in [6.45, 7) is 7.09. The third-order valence-electron chi connectivity index (χ3n) is 6.03. The molecule has 8 nitrogen and oxygen atoms in total. The van der Waals surface area contributed by atoms with Crippen LogP contribution in [0.2, 0.25) is 0 Å². The van der Waals surface area contributed by atoms with Gasteiger partial charge in [0, 0.05) is 18.2 Å². The molecular formula is C30H37N3O5S. The molecule has 0 aliphatic rings. The summed E-state index contributed by atoms with van der Waals surface area (Å²) in [5.41, 5.74) is 0.597. The predicted octanol–water partition coefficient (Wildman–Crippen LogP) is 4.61. The van der Waals surface area contributed by atoms with Crippen molar-refractivity contribution in [1.29, 1.82) is 0 Å². The molecule has 3 rings (SSSR count). The number of hydrogen-bond donors (Lipinski definition) is 1. The zero-order chi connectivity index (χ0) is 28.6. The highest BCUT2D eigenvalue weighted by molar-refractivity contribution is 7.92. The van der Waals surface area contributed by atoms with E-state index in [0.717, 1.165) is 9.87 Å². The summed E-state index contributed by atoms with van der Waals surface area (Å²) in [5, 5.41) is 2.97. The number of ether oxygens (including phenoxy) is 1. The second-order valence-corrected chi connectivity index (χ2v) is 12.1. The number of amides is 2. The normalized spacial score (nSPS) is 12.3. The van der Waals surface area contributed by atoms with Crippen LogP contribution in [0.1, 0.15) is 39.7 Å². The molecule has 0 aliphatic carbocycles. The van der Waals surface area contributed by atoms with E-state index in [9.17, 15) is 18.0 Å². The van der Waals surface area contributed by atoms with Crippen molar-refractivity contribution in [1.82, 2.24) is 10.2 Å². The number of sulfonamides is 1. The minimum Gasteiger partial charge on any atom is -0.497 e. The van der Waals surface area contributed by atoms with E-state index >= 15 is 0 Å². The molecule has 1 N–H and O–H groups in total. The fourth-order valence-electron chi connectivity index (χ4n) is 4.17. The molecular weight excluding hydrogens is 514 g/mol. The Balaban J connectivity index is 2.06. The van der Waals surface area contributed by atoms with Gasteiger partial charge in [0.05, 0.1) is 17.7 Å². The Hall–Kier alpha value is -3.85. The first-order valence-electron chi connectivity index (χ1n) is 12.8. The fraction of sp³-hybridized carbons (Fsp3) is 0.333. The van der Waals surface area contributed by atoms with E-state index < -0.39 is 34.1 Å². The minimum atomic E-state index is -4.13. The Kier molecular flexibility index (Phi) is 9.75. The van der Waals surface area contributed by atoms with E-state index in [1.807, 2.05) is 58.0 Å². The van der Waals surface area contributed by atoms with Crippen LogP contribution in [-0.4, -0.2) is 50.4 Å². The van der Waals surface area contributed by atoms with Crippen LogP contribution in [0.4, 0.5) is 5.69 Å². The van der Waals surface area contributed by atoms with Crippen molar-refractivity contribution >= 4 is 27.5 Å². The summed E-state index contributed by atoms with van der Waals surface area (Å²) in [6.07, 6.45) is 0.352.